The van der Waals surface area contributed by atoms with E-state index in [-0.39, 0.29) is 11.7 Å². The van der Waals surface area contributed by atoms with Crippen LogP contribution >= 0.6 is 0 Å². The van der Waals surface area contributed by atoms with Gasteiger partial charge in [0, 0.05) is 49.8 Å². The molecule has 1 aromatic heterocycles. The molecule has 0 aliphatic carbocycles. The van der Waals surface area contributed by atoms with Gasteiger partial charge in [-0.05, 0) is 56.5 Å². The van der Waals surface area contributed by atoms with E-state index in [1.54, 1.807) is 19.1 Å². The van der Waals surface area contributed by atoms with Crippen LogP contribution in [0.3, 0.4) is 0 Å². The van der Waals surface area contributed by atoms with Gasteiger partial charge >= 0.3 is 0 Å². The molecule has 1 amide bonds. The van der Waals surface area contributed by atoms with Gasteiger partial charge in [0.25, 0.3) is 0 Å². The zero-order chi connectivity index (χ0) is 19.5. The van der Waals surface area contributed by atoms with Crippen LogP contribution in [0.2, 0.25) is 0 Å². The number of amides is 1. The lowest BCUT2D eigenvalue weighted by molar-refractivity contribution is -0.130. The molecule has 0 N–H and O–H groups in total. The maximum Gasteiger partial charge on any atom is 0.219 e. The second-order valence-corrected chi connectivity index (χ2v) is 8.03. The number of pyridine rings is 1. The van der Waals surface area contributed by atoms with Gasteiger partial charge in [-0.25, -0.2) is 4.39 Å². The third-order valence-corrected chi connectivity index (χ3v) is 6.19. The number of benzene rings is 1. The average Bonchev–Trinajstić information content (AvgIpc) is 2.74. The van der Waals surface area contributed by atoms with Crippen LogP contribution in [0.5, 0.6) is 0 Å². The maximum atomic E-state index is 13.6. The molecule has 0 unspecified atom stereocenters. The number of halogens is 1. The third kappa shape index (κ3) is 4.25. The first-order valence-corrected chi connectivity index (χ1v) is 10.3. The van der Waals surface area contributed by atoms with E-state index in [1.807, 2.05) is 23.1 Å². The van der Waals surface area contributed by atoms with Crippen molar-refractivity contribution in [3.8, 4) is 11.3 Å². The fourth-order valence-corrected chi connectivity index (χ4v) is 4.61. The number of likely N-dealkylation sites (tertiary alicyclic amines) is 2. The molecule has 4 rings (SSSR count). The Morgan fingerprint density at radius 2 is 1.86 bits per heavy atom. The van der Waals surface area contributed by atoms with E-state index >= 15 is 0 Å². The molecule has 1 atom stereocenters. The summed E-state index contributed by atoms with van der Waals surface area (Å²) in [7, 11) is 0. The summed E-state index contributed by atoms with van der Waals surface area (Å²) in [6.45, 7) is 5.55. The van der Waals surface area contributed by atoms with E-state index in [9.17, 15) is 9.18 Å². The number of hydrogen-bond donors (Lipinski definition) is 0. The van der Waals surface area contributed by atoms with Gasteiger partial charge in [0.05, 0.1) is 5.69 Å². The molecule has 28 heavy (non-hydrogen) atoms. The molecule has 2 aromatic rings. The summed E-state index contributed by atoms with van der Waals surface area (Å²) >= 11 is 0. The van der Waals surface area contributed by atoms with Crippen molar-refractivity contribution in [1.29, 1.82) is 0 Å². The van der Waals surface area contributed by atoms with Gasteiger partial charge in [0.2, 0.25) is 5.91 Å². The highest BCUT2D eigenvalue weighted by Gasteiger charge is 2.30. The fraction of sp³-hybridized carbons (Fsp3) is 0.478. The molecule has 2 aliphatic rings. The van der Waals surface area contributed by atoms with Gasteiger partial charge in [-0.2, -0.15) is 0 Å². The summed E-state index contributed by atoms with van der Waals surface area (Å²) in [6, 6.07) is 13.3. The molecule has 0 radical (unpaired) electrons. The molecule has 5 heteroatoms. The van der Waals surface area contributed by atoms with Gasteiger partial charge < -0.3 is 4.90 Å². The van der Waals surface area contributed by atoms with E-state index < -0.39 is 0 Å². The van der Waals surface area contributed by atoms with Crippen LogP contribution < -0.4 is 0 Å². The van der Waals surface area contributed by atoms with Crippen LogP contribution in [-0.2, 0) is 4.79 Å². The normalized spacial score (nSPS) is 21.6. The van der Waals surface area contributed by atoms with E-state index in [0.29, 0.717) is 12.0 Å². The Morgan fingerprint density at radius 3 is 2.61 bits per heavy atom. The number of carbonyl (C=O) groups is 1. The van der Waals surface area contributed by atoms with Crippen LogP contribution in [0.15, 0.2) is 42.5 Å². The summed E-state index contributed by atoms with van der Waals surface area (Å²) in [5.41, 5.74) is 2.77. The second kappa shape index (κ2) is 8.39. The molecular formula is C23H28FN3O. The largest absolute Gasteiger partial charge is 0.343 e. The topological polar surface area (TPSA) is 36.4 Å². The van der Waals surface area contributed by atoms with Gasteiger partial charge in [0.1, 0.15) is 5.82 Å². The van der Waals surface area contributed by atoms with Crippen LogP contribution in [0.4, 0.5) is 4.39 Å². The standard InChI is InChI=1S/C23H28FN3O/c1-17(28)26-13-10-21(11-14-26)27-12-4-6-19(16-27)23-9-3-8-22(25-23)18-5-2-7-20(24)15-18/h2-3,5,7-9,15,19,21H,4,6,10-14,16H2,1H3/t19-/m0/s1. The summed E-state index contributed by atoms with van der Waals surface area (Å²) < 4.78 is 13.6. The molecule has 2 fully saturated rings. The van der Waals surface area contributed by atoms with Crippen molar-refractivity contribution in [2.75, 3.05) is 26.2 Å². The van der Waals surface area contributed by atoms with Crippen LogP contribution in [0, 0.1) is 5.82 Å². The highest BCUT2D eigenvalue weighted by molar-refractivity contribution is 5.73. The van der Waals surface area contributed by atoms with Gasteiger partial charge in [-0.15, -0.1) is 0 Å². The second-order valence-electron chi connectivity index (χ2n) is 8.03. The lowest BCUT2D eigenvalue weighted by Crippen LogP contribution is -2.49. The molecule has 1 aromatic carbocycles. The van der Waals surface area contributed by atoms with Crippen molar-refractivity contribution in [2.24, 2.45) is 0 Å². The number of aromatic nitrogens is 1. The Labute approximate surface area is 166 Å². The molecule has 2 saturated heterocycles. The van der Waals surface area contributed by atoms with E-state index in [4.69, 9.17) is 4.98 Å². The minimum atomic E-state index is -0.231. The molecule has 2 aliphatic heterocycles. The number of piperidine rings is 2. The van der Waals surface area contributed by atoms with Crippen molar-refractivity contribution in [3.63, 3.8) is 0 Å². The monoisotopic (exact) mass is 381 g/mol. The predicted octanol–water partition coefficient (Wildman–Crippen LogP) is 4.08. The van der Waals surface area contributed by atoms with Crippen molar-refractivity contribution in [1.82, 2.24) is 14.8 Å². The maximum absolute atomic E-state index is 13.6. The van der Waals surface area contributed by atoms with Gasteiger partial charge in [-0.3, -0.25) is 14.7 Å². The Balaban J connectivity index is 1.45. The summed E-state index contributed by atoms with van der Waals surface area (Å²) in [6.07, 6.45) is 4.43. The molecule has 148 valence electrons. The van der Waals surface area contributed by atoms with Crippen LogP contribution in [0.1, 0.15) is 44.2 Å². The lowest BCUT2D eigenvalue weighted by Gasteiger charge is -2.42. The summed E-state index contributed by atoms with van der Waals surface area (Å²) in [4.78, 5) is 21.0. The van der Waals surface area contributed by atoms with E-state index in [2.05, 4.69) is 11.0 Å². The lowest BCUT2D eigenvalue weighted by atomic mass is 9.91. The quantitative estimate of drug-likeness (QED) is 0.804. The number of nitrogens with zero attached hydrogens (tertiary/aromatic N) is 3. The first-order chi connectivity index (χ1) is 13.6. The van der Waals surface area contributed by atoms with Crippen molar-refractivity contribution in [2.45, 2.75) is 44.6 Å². The SMILES string of the molecule is CC(=O)N1CCC(N2CCC[C@H](c3cccc(-c4cccc(F)c4)n3)C2)CC1. The van der Waals surface area contributed by atoms with E-state index in [0.717, 1.165) is 62.4 Å². The highest BCUT2D eigenvalue weighted by atomic mass is 19.1. The van der Waals surface area contributed by atoms with Gasteiger partial charge in [-0.1, -0.05) is 18.2 Å². The first kappa shape index (κ1) is 19.1. The molecule has 3 heterocycles. The smallest absolute Gasteiger partial charge is 0.219 e. The van der Waals surface area contributed by atoms with Crippen LogP contribution in [-0.4, -0.2) is 52.9 Å². The molecule has 0 spiro atoms. The van der Waals surface area contributed by atoms with Crippen molar-refractivity contribution < 1.29 is 9.18 Å². The van der Waals surface area contributed by atoms with Crippen molar-refractivity contribution in [3.05, 3.63) is 54.0 Å². The molecule has 4 nitrogen and oxygen atoms in total. The first-order valence-electron chi connectivity index (χ1n) is 10.3. The average molecular weight is 381 g/mol. The Kier molecular flexibility index (Phi) is 5.72. The molecular weight excluding hydrogens is 353 g/mol. The zero-order valence-corrected chi connectivity index (χ0v) is 16.5. The Hall–Kier alpha value is -2.27. The minimum Gasteiger partial charge on any atom is -0.343 e. The van der Waals surface area contributed by atoms with Crippen LogP contribution in [0.25, 0.3) is 11.3 Å². The molecule has 0 saturated carbocycles. The summed E-state index contributed by atoms with van der Waals surface area (Å²) in [5.74, 6) is 0.367. The third-order valence-electron chi connectivity index (χ3n) is 6.19. The fourth-order valence-electron chi connectivity index (χ4n) is 4.61. The van der Waals surface area contributed by atoms with Gasteiger partial charge in [0.15, 0.2) is 0 Å². The summed E-state index contributed by atoms with van der Waals surface area (Å²) in [5, 5.41) is 0. The zero-order valence-electron chi connectivity index (χ0n) is 16.5. The minimum absolute atomic E-state index is 0.188. The number of rotatable bonds is 3. The highest BCUT2D eigenvalue weighted by Crippen LogP contribution is 2.30. The number of hydrogen-bond acceptors (Lipinski definition) is 3. The Morgan fingerprint density at radius 1 is 1.07 bits per heavy atom. The molecule has 0 bridgehead atoms. The number of carbonyl (C=O) groups excluding carboxylic acids is 1. The Bertz CT molecular complexity index is 832. The predicted molar refractivity (Wildman–Crippen MR) is 108 cm³/mol. The van der Waals surface area contributed by atoms with E-state index in [1.165, 1.54) is 12.5 Å². The van der Waals surface area contributed by atoms with Crippen molar-refractivity contribution >= 4 is 5.91 Å².